The number of ether oxygens (including phenoxy) is 2. The molecule has 2 N–H and O–H groups in total. The number of pyridine rings is 1. The number of nitrogens with zero attached hydrogens (tertiary/aromatic N) is 1. The lowest BCUT2D eigenvalue weighted by Gasteiger charge is -2.22. The largest absolute Gasteiger partial charge is 0.497 e. The minimum Gasteiger partial charge on any atom is -0.497 e. The Morgan fingerprint density at radius 1 is 1.28 bits per heavy atom. The van der Waals surface area contributed by atoms with Crippen LogP contribution in [0.1, 0.15) is 24.8 Å². The Labute approximate surface area is 147 Å². The highest BCUT2D eigenvalue weighted by Crippen LogP contribution is 2.26. The van der Waals surface area contributed by atoms with Gasteiger partial charge in [0.25, 0.3) is 0 Å². The summed E-state index contributed by atoms with van der Waals surface area (Å²) in [6.45, 7) is 1.28. The third kappa shape index (κ3) is 4.70. The van der Waals surface area contributed by atoms with Gasteiger partial charge in [-0.2, -0.15) is 0 Å². The van der Waals surface area contributed by atoms with Crippen molar-refractivity contribution < 1.29 is 14.3 Å². The van der Waals surface area contributed by atoms with Gasteiger partial charge in [-0.1, -0.05) is 18.6 Å². The number of piperidine rings is 1. The molecule has 1 aromatic heterocycles. The second kappa shape index (κ2) is 8.48. The first-order chi connectivity index (χ1) is 12.3. The lowest BCUT2D eigenvalue weighted by atomic mass is 10.0. The predicted octanol–water partition coefficient (Wildman–Crippen LogP) is 2.64. The van der Waals surface area contributed by atoms with Crippen LogP contribution in [0.15, 0.2) is 42.6 Å². The van der Waals surface area contributed by atoms with Crippen LogP contribution in [0.3, 0.4) is 0 Å². The topological polar surface area (TPSA) is 72.5 Å². The van der Waals surface area contributed by atoms with Crippen molar-refractivity contribution in [3.05, 3.63) is 48.2 Å². The van der Waals surface area contributed by atoms with E-state index >= 15 is 0 Å². The van der Waals surface area contributed by atoms with Gasteiger partial charge in [0, 0.05) is 24.4 Å². The second-order valence-electron chi connectivity index (χ2n) is 5.97. The maximum atomic E-state index is 12.3. The van der Waals surface area contributed by atoms with Crippen LogP contribution >= 0.6 is 0 Å². The van der Waals surface area contributed by atoms with E-state index in [-0.39, 0.29) is 11.9 Å². The second-order valence-corrected chi connectivity index (χ2v) is 5.97. The third-order valence-electron chi connectivity index (χ3n) is 4.19. The molecule has 1 amide bonds. The minimum absolute atomic E-state index is 0.0240. The zero-order valence-corrected chi connectivity index (χ0v) is 14.3. The van der Waals surface area contributed by atoms with Gasteiger partial charge in [0.05, 0.1) is 13.2 Å². The smallest absolute Gasteiger partial charge is 0.237 e. The van der Waals surface area contributed by atoms with Gasteiger partial charge < -0.3 is 20.1 Å². The van der Waals surface area contributed by atoms with Crippen LogP contribution in [-0.2, 0) is 11.3 Å². The molecular weight excluding hydrogens is 318 g/mol. The quantitative estimate of drug-likeness (QED) is 0.845. The molecular formula is C19H23N3O3. The summed E-state index contributed by atoms with van der Waals surface area (Å²) in [5.74, 6) is 1.86. The summed E-state index contributed by atoms with van der Waals surface area (Å²) in [7, 11) is 1.61. The van der Waals surface area contributed by atoms with Crippen LogP contribution in [0.4, 0.5) is 0 Å². The summed E-state index contributed by atoms with van der Waals surface area (Å²) >= 11 is 0. The molecule has 0 saturated carbocycles. The lowest BCUT2D eigenvalue weighted by molar-refractivity contribution is -0.123. The molecule has 0 unspecified atom stereocenters. The number of carbonyl (C=O) groups excluding carboxylic acids is 1. The molecule has 0 spiro atoms. The highest BCUT2D eigenvalue weighted by Gasteiger charge is 2.20. The Kier molecular flexibility index (Phi) is 5.85. The average Bonchev–Trinajstić information content (AvgIpc) is 2.68. The molecule has 2 aromatic rings. The highest BCUT2D eigenvalue weighted by molar-refractivity contribution is 5.81. The number of methoxy groups -OCH3 is 1. The van der Waals surface area contributed by atoms with Crippen LogP contribution in [-0.4, -0.2) is 30.6 Å². The van der Waals surface area contributed by atoms with E-state index in [1.807, 2.05) is 30.3 Å². The number of hydrogen-bond acceptors (Lipinski definition) is 5. The molecule has 1 atom stereocenters. The minimum atomic E-state index is -0.104. The monoisotopic (exact) mass is 341 g/mol. The average molecular weight is 341 g/mol. The van der Waals surface area contributed by atoms with Crippen LogP contribution in [0.25, 0.3) is 0 Å². The number of rotatable bonds is 6. The van der Waals surface area contributed by atoms with Crippen molar-refractivity contribution in [2.24, 2.45) is 0 Å². The van der Waals surface area contributed by atoms with Gasteiger partial charge in [0.15, 0.2) is 0 Å². The first-order valence-corrected chi connectivity index (χ1v) is 8.53. The SMILES string of the molecule is COc1cccc(Oc2ncccc2CNC(=O)[C@H]2CCCCN2)c1. The molecule has 0 aliphatic carbocycles. The van der Waals surface area contributed by atoms with Crippen molar-refractivity contribution in [2.45, 2.75) is 31.8 Å². The molecule has 25 heavy (non-hydrogen) atoms. The number of carbonyl (C=O) groups is 1. The third-order valence-corrected chi connectivity index (χ3v) is 4.19. The molecule has 1 aromatic carbocycles. The summed E-state index contributed by atoms with van der Waals surface area (Å²) in [5.41, 5.74) is 0.828. The molecule has 132 valence electrons. The fourth-order valence-electron chi connectivity index (χ4n) is 2.81. The first-order valence-electron chi connectivity index (χ1n) is 8.53. The molecule has 1 aliphatic rings. The van der Waals surface area contributed by atoms with Gasteiger partial charge in [0.1, 0.15) is 11.5 Å². The Morgan fingerprint density at radius 2 is 2.16 bits per heavy atom. The summed E-state index contributed by atoms with van der Waals surface area (Å²) < 4.78 is 11.1. The fourth-order valence-corrected chi connectivity index (χ4v) is 2.81. The van der Waals surface area contributed by atoms with E-state index in [0.29, 0.717) is 23.9 Å². The molecule has 0 bridgehead atoms. The van der Waals surface area contributed by atoms with Gasteiger partial charge in [-0.05, 0) is 37.6 Å². The number of benzene rings is 1. The number of hydrogen-bond donors (Lipinski definition) is 2. The molecule has 0 radical (unpaired) electrons. The molecule has 6 nitrogen and oxygen atoms in total. The standard InChI is InChI=1S/C19H23N3O3/c1-24-15-7-4-8-16(12-15)25-19-14(6-5-11-21-19)13-22-18(23)17-9-2-3-10-20-17/h4-8,11-12,17,20H,2-3,9-10,13H2,1H3,(H,22,23)/t17-/m1/s1. The van der Waals surface area contributed by atoms with E-state index in [9.17, 15) is 4.79 Å². The lowest BCUT2D eigenvalue weighted by Crippen LogP contribution is -2.46. The zero-order chi connectivity index (χ0) is 17.5. The molecule has 6 heteroatoms. The molecule has 1 saturated heterocycles. The number of amides is 1. The molecule has 1 fully saturated rings. The van der Waals surface area contributed by atoms with Crippen molar-refractivity contribution in [3.8, 4) is 17.4 Å². The predicted molar refractivity (Wildman–Crippen MR) is 94.8 cm³/mol. The van der Waals surface area contributed by atoms with Crippen molar-refractivity contribution in [1.29, 1.82) is 0 Å². The van der Waals surface area contributed by atoms with Crippen LogP contribution in [0.5, 0.6) is 17.4 Å². The number of aromatic nitrogens is 1. The van der Waals surface area contributed by atoms with E-state index in [4.69, 9.17) is 9.47 Å². The summed E-state index contributed by atoms with van der Waals surface area (Å²) in [5, 5.41) is 6.22. The van der Waals surface area contributed by atoms with Gasteiger partial charge in [-0.25, -0.2) is 4.98 Å². The summed E-state index contributed by atoms with van der Waals surface area (Å²) in [4.78, 5) is 16.6. The maximum absolute atomic E-state index is 12.3. The first kappa shape index (κ1) is 17.2. The highest BCUT2D eigenvalue weighted by atomic mass is 16.5. The van der Waals surface area contributed by atoms with E-state index in [0.717, 1.165) is 31.4 Å². The Bertz CT molecular complexity index is 715. The van der Waals surface area contributed by atoms with Crippen LogP contribution < -0.4 is 20.1 Å². The molecule has 3 rings (SSSR count). The summed E-state index contributed by atoms with van der Waals surface area (Å²) in [6.07, 6.45) is 4.77. The van der Waals surface area contributed by atoms with Crippen LogP contribution in [0.2, 0.25) is 0 Å². The molecule has 1 aliphatic heterocycles. The van der Waals surface area contributed by atoms with Crippen molar-refractivity contribution in [1.82, 2.24) is 15.6 Å². The maximum Gasteiger partial charge on any atom is 0.237 e. The van der Waals surface area contributed by atoms with Crippen molar-refractivity contribution in [3.63, 3.8) is 0 Å². The normalized spacial score (nSPS) is 16.9. The van der Waals surface area contributed by atoms with E-state index in [2.05, 4.69) is 15.6 Å². The van der Waals surface area contributed by atoms with Crippen molar-refractivity contribution in [2.75, 3.05) is 13.7 Å². The Morgan fingerprint density at radius 3 is 2.96 bits per heavy atom. The van der Waals surface area contributed by atoms with Crippen molar-refractivity contribution >= 4 is 5.91 Å². The number of nitrogens with one attached hydrogen (secondary N) is 2. The Hall–Kier alpha value is -2.60. The zero-order valence-electron chi connectivity index (χ0n) is 14.3. The van der Waals surface area contributed by atoms with Gasteiger partial charge in [0.2, 0.25) is 11.8 Å². The van der Waals surface area contributed by atoms with Gasteiger partial charge in [-0.3, -0.25) is 4.79 Å². The Balaban J connectivity index is 1.65. The van der Waals surface area contributed by atoms with E-state index in [1.54, 1.807) is 19.4 Å². The fraction of sp³-hybridized carbons (Fsp3) is 0.368. The van der Waals surface area contributed by atoms with E-state index < -0.39 is 0 Å². The van der Waals surface area contributed by atoms with Gasteiger partial charge >= 0.3 is 0 Å². The van der Waals surface area contributed by atoms with Gasteiger partial charge in [-0.15, -0.1) is 0 Å². The summed E-state index contributed by atoms with van der Waals surface area (Å²) in [6, 6.07) is 11.0. The van der Waals surface area contributed by atoms with Crippen LogP contribution in [0, 0.1) is 0 Å². The van der Waals surface area contributed by atoms with E-state index in [1.165, 1.54) is 0 Å². The molecule has 2 heterocycles.